The Morgan fingerprint density at radius 2 is 1.66 bits per heavy atom. The molecule has 3 rings (SSSR count). The molecular weight excluding hydrogens is 505 g/mol. The minimum Gasteiger partial charge on any atom is -0.490 e. The Kier molecular flexibility index (Phi) is 8.93. The molecule has 0 atom stereocenters. The van der Waals surface area contributed by atoms with Crippen molar-refractivity contribution in [1.82, 2.24) is 10.2 Å². The fourth-order valence-electron chi connectivity index (χ4n) is 2.75. The van der Waals surface area contributed by atoms with Crippen molar-refractivity contribution in [2.24, 2.45) is 0 Å². The van der Waals surface area contributed by atoms with Crippen LogP contribution in [0.25, 0.3) is 0 Å². The predicted molar refractivity (Wildman–Crippen MR) is 127 cm³/mol. The Morgan fingerprint density at radius 1 is 0.971 bits per heavy atom. The third kappa shape index (κ3) is 7.59. The highest BCUT2D eigenvalue weighted by atomic mass is 32.2. The van der Waals surface area contributed by atoms with Crippen LogP contribution in [-0.2, 0) is 11.0 Å². The van der Waals surface area contributed by atoms with E-state index in [2.05, 4.69) is 20.8 Å². The van der Waals surface area contributed by atoms with Crippen molar-refractivity contribution in [2.75, 3.05) is 29.6 Å². The molecule has 35 heavy (non-hydrogen) atoms. The second-order valence-corrected chi connectivity index (χ2v) is 8.97. The van der Waals surface area contributed by atoms with E-state index in [4.69, 9.17) is 9.47 Å². The summed E-state index contributed by atoms with van der Waals surface area (Å²) < 4.78 is 49.3. The lowest BCUT2D eigenvalue weighted by Crippen LogP contribution is -2.14. The fourth-order valence-corrected chi connectivity index (χ4v) is 4.29. The smallest absolute Gasteiger partial charge is 0.416 e. The first kappa shape index (κ1) is 26.3. The number of ether oxygens (including phenoxy) is 2. The lowest BCUT2D eigenvalue weighted by atomic mass is 10.2. The lowest BCUT2D eigenvalue weighted by molar-refractivity contribution is -0.137. The number of nitrogens with zero attached hydrogens (tertiary/aromatic N) is 2. The van der Waals surface area contributed by atoms with Gasteiger partial charge in [-0.1, -0.05) is 23.1 Å². The summed E-state index contributed by atoms with van der Waals surface area (Å²) in [5, 5.41) is 13.2. The average molecular weight is 527 g/mol. The van der Waals surface area contributed by atoms with Gasteiger partial charge in [0.1, 0.15) is 0 Å². The van der Waals surface area contributed by atoms with Gasteiger partial charge in [-0.25, -0.2) is 0 Å². The molecule has 2 aromatic carbocycles. The number of hydrogen-bond donors (Lipinski definition) is 2. The van der Waals surface area contributed by atoms with Crippen molar-refractivity contribution in [3.05, 3.63) is 53.6 Å². The zero-order valence-electron chi connectivity index (χ0n) is 18.6. The van der Waals surface area contributed by atoms with Crippen LogP contribution in [-0.4, -0.2) is 41.0 Å². The van der Waals surface area contributed by atoms with E-state index in [-0.39, 0.29) is 16.6 Å². The summed E-state index contributed by atoms with van der Waals surface area (Å²) in [5.74, 6) is 0.111. The summed E-state index contributed by atoms with van der Waals surface area (Å²) in [6, 6.07) is 8.98. The molecule has 0 spiro atoms. The number of halogens is 3. The van der Waals surface area contributed by atoms with E-state index in [0.29, 0.717) is 34.6 Å². The lowest BCUT2D eigenvalue weighted by Gasteiger charge is -2.12. The molecule has 0 unspecified atom stereocenters. The second-order valence-electron chi connectivity index (χ2n) is 6.77. The van der Waals surface area contributed by atoms with Gasteiger partial charge in [-0.3, -0.25) is 14.9 Å². The molecule has 2 N–H and O–H groups in total. The number of carbonyl (C=O) groups is 2. The number of anilines is 2. The zero-order chi connectivity index (χ0) is 25.4. The van der Waals surface area contributed by atoms with Crippen LogP contribution in [0.4, 0.5) is 24.0 Å². The number of benzene rings is 2. The maximum absolute atomic E-state index is 12.6. The molecular formula is C22H21F3N4O4S2. The van der Waals surface area contributed by atoms with E-state index >= 15 is 0 Å². The standard InChI is InChI=1S/C22H21F3N4O4S2/c1-3-32-16-10-5-13(11-17(16)33-4-2)19(31)27-20-28-29-21(35-20)34-12-18(30)26-15-8-6-14(7-9-15)22(23,24)25/h5-11H,3-4,12H2,1-2H3,(H,26,30)(H,27,28,31). The Morgan fingerprint density at radius 3 is 2.31 bits per heavy atom. The van der Waals surface area contributed by atoms with Crippen molar-refractivity contribution < 1.29 is 32.2 Å². The Balaban J connectivity index is 1.53. The largest absolute Gasteiger partial charge is 0.490 e. The van der Waals surface area contributed by atoms with E-state index in [1.54, 1.807) is 18.2 Å². The van der Waals surface area contributed by atoms with Gasteiger partial charge in [-0.15, -0.1) is 10.2 Å². The molecule has 186 valence electrons. The number of thioether (sulfide) groups is 1. The maximum atomic E-state index is 12.6. The van der Waals surface area contributed by atoms with Crippen molar-refractivity contribution in [3.63, 3.8) is 0 Å². The highest BCUT2D eigenvalue weighted by Gasteiger charge is 2.30. The SMILES string of the molecule is CCOc1ccc(C(=O)Nc2nnc(SCC(=O)Nc3ccc(C(F)(F)F)cc3)s2)cc1OCC. The molecule has 3 aromatic rings. The zero-order valence-corrected chi connectivity index (χ0v) is 20.3. The van der Waals surface area contributed by atoms with Gasteiger partial charge in [0.25, 0.3) is 5.91 Å². The molecule has 0 aliphatic heterocycles. The Hall–Kier alpha value is -3.32. The Labute approximate surface area is 207 Å². The van der Waals surface area contributed by atoms with Crippen molar-refractivity contribution in [2.45, 2.75) is 24.4 Å². The van der Waals surface area contributed by atoms with Gasteiger partial charge >= 0.3 is 6.18 Å². The summed E-state index contributed by atoms with van der Waals surface area (Å²) in [5.41, 5.74) is -0.208. The first-order valence-corrected chi connectivity index (χ1v) is 12.1. The predicted octanol–water partition coefficient (Wildman–Crippen LogP) is 5.34. The molecule has 2 amide bonds. The maximum Gasteiger partial charge on any atom is 0.416 e. The molecule has 8 nitrogen and oxygen atoms in total. The van der Waals surface area contributed by atoms with Crippen LogP contribution >= 0.6 is 23.1 Å². The molecule has 0 aliphatic carbocycles. The van der Waals surface area contributed by atoms with Gasteiger partial charge < -0.3 is 14.8 Å². The number of alkyl halides is 3. The molecule has 0 bridgehead atoms. The molecule has 0 fully saturated rings. The van der Waals surface area contributed by atoms with Crippen LogP contribution in [0, 0.1) is 0 Å². The molecule has 0 saturated heterocycles. The van der Waals surface area contributed by atoms with E-state index in [1.807, 2.05) is 13.8 Å². The first-order chi connectivity index (χ1) is 16.7. The average Bonchev–Trinajstić information content (AvgIpc) is 3.26. The highest BCUT2D eigenvalue weighted by molar-refractivity contribution is 8.01. The summed E-state index contributed by atoms with van der Waals surface area (Å²) in [6.07, 6.45) is -4.44. The van der Waals surface area contributed by atoms with E-state index in [0.717, 1.165) is 35.2 Å². The summed E-state index contributed by atoms with van der Waals surface area (Å²) in [4.78, 5) is 24.7. The fraction of sp³-hybridized carbons (Fsp3) is 0.273. The third-order valence-corrected chi connectivity index (χ3v) is 6.23. The van der Waals surface area contributed by atoms with Gasteiger partial charge in [0, 0.05) is 11.3 Å². The van der Waals surface area contributed by atoms with Crippen LogP contribution in [0.15, 0.2) is 46.8 Å². The van der Waals surface area contributed by atoms with Gasteiger partial charge in [0.05, 0.1) is 24.5 Å². The number of nitrogens with one attached hydrogen (secondary N) is 2. The van der Waals surface area contributed by atoms with Crippen LogP contribution in [0.5, 0.6) is 11.5 Å². The second kappa shape index (κ2) is 11.9. The minimum absolute atomic E-state index is 0.0415. The van der Waals surface area contributed by atoms with Gasteiger partial charge in [0.2, 0.25) is 11.0 Å². The van der Waals surface area contributed by atoms with Gasteiger partial charge in [-0.05, 0) is 56.3 Å². The van der Waals surface area contributed by atoms with Crippen LogP contribution in [0.1, 0.15) is 29.8 Å². The van der Waals surface area contributed by atoms with Crippen LogP contribution in [0.2, 0.25) is 0 Å². The van der Waals surface area contributed by atoms with E-state index in [9.17, 15) is 22.8 Å². The number of rotatable bonds is 10. The van der Waals surface area contributed by atoms with Crippen molar-refractivity contribution in [3.8, 4) is 11.5 Å². The molecule has 1 heterocycles. The molecule has 13 heteroatoms. The van der Waals surface area contributed by atoms with Crippen LogP contribution < -0.4 is 20.1 Å². The van der Waals surface area contributed by atoms with Crippen molar-refractivity contribution in [1.29, 1.82) is 0 Å². The minimum atomic E-state index is -4.44. The Bertz CT molecular complexity index is 1170. The number of aromatic nitrogens is 2. The van der Waals surface area contributed by atoms with E-state index < -0.39 is 23.6 Å². The van der Waals surface area contributed by atoms with E-state index in [1.165, 1.54) is 12.1 Å². The summed E-state index contributed by atoms with van der Waals surface area (Å²) >= 11 is 2.16. The monoisotopic (exact) mass is 526 g/mol. The van der Waals surface area contributed by atoms with Crippen LogP contribution in [0.3, 0.4) is 0 Å². The topological polar surface area (TPSA) is 102 Å². The first-order valence-electron chi connectivity index (χ1n) is 10.3. The summed E-state index contributed by atoms with van der Waals surface area (Å²) in [6.45, 7) is 4.54. The summed E-state index contributed by atoms with van der Waals surface area (Å²) in [7, 11) is 0. The number of carbonyl (C=O) groups excluding carboxylic acids is 2. The van der Waals surface area contributed by atoms with Gasteiger partial charge in [-0.2, -0.15) is 13.2 Å². The third-order valence-electron chi connectivity index (χ3n) is 4.26. The molecule has 0 saturated carbocycles. The van der Waals surface area contributed by atoms with Gasteiger partial charge in [0.15, 0.2) is 15.8 Å². The van der Waals surface area contributed by atoms with Crippen molar-refractivity contribution >= 4 is 45.7 Å². The highest BCUT2D eigenvalue weighted by Crippen LogP contribution is 2.31. The molecule has 0 radical (unpaired) electrons. The molecule has 1 aromatic heterocycles. The normalized spacial score (nSPS) is 11.1. The quantitative estimate of drug-likeness (QED) is 0.272. The number of hydrogen-bond acceptors (Lipinski definition) is 8. The molecule has 0 aliphatic rings. The number of amides is 2.